The zero-order chi connectivity index (χ0) is 17.8. The van der Waals surface area contributed by atoms with Crippen LogP contribution in [0.3, 0.4) is 0 Å². The Labute approximate surface area is 157 Å². The Morgan fingerprint density at radius 2 is 1.69 bits per heavy atom. The first-order chi connectivity index (χ1) is 12.8. The van der Waals surface area contributed by atoms with Crippen molar-refractivity contribution in [2.75, 3.05) is 5.75 Å². The van der Waals surface area contributed by atoms with Gasteiger partial charge < -0.3 is 10.3 Å². The molecule has 5 heteroatoms. The first-order valence-electron chi connectivity index (χ1n) is 8.92. The molecule has 0 bridgehead atoms. The maximum Gasteiger partial charge on any atom is 0.220 e. The lowest BCUT2D eigenvalue weighted by atomic mass is 10.1. The lowest BCUT2D eigenvalue weighted by Crippen LogP contribution is -2.40. The van der Waals surface area contributed by atoms with Gasteiger partial charge in [0.05, 0.1) is 11.4 Å². The van der Waals surface area contributed by atoms with Crippen LogP contribution in [0.1, 0.15) is 19.3 Å². The number of hydrogen-bond donors (Lipinski definition) is 2. The van der Waals surface area contributed by atoms with E-state index in [4.69, 9.17) is 4.98 Å². The van der Waals surface area contributed by atoms with E-state index >= 15 is 0 Å². The van der Waals surface area contributed by atoms with Gasteiger partial charge in [0.15, 0.2) is 5.16 Å². The number of aromatic nitrogens is 2. The Hall–Kier alpha value is -2.53. The molecule has 1 aromatic heterocycles. The van der Waals surface area contributed by atoms with Gasteiger partial charge in [-0.3, -0.25) is 4.79 Å². The molecule has 1 aliphatic heterocycles. The van der Waals surface area contributed by atoms with Crippen LogP contribution in [0.4, 0.5) is 0 Å². The van der Waals surface area contributed by atoms with Gasteiger partial charge >= 0.3 is 0 Å². The van der Waals surface area contributed by atoms with E-state index in [-0.39, 0.29) is 11.9 Å². The third-order valence-corrected chi connectivity index (χ3v) is 5.57. The second-order valence-corrected chi connectivity index (χ2v) is 7.47. The molecule has 3 aromatic rings. The van der Waals surface area contributed by atoms with Crippen molar-refractivity contribution in [1.29, 1.82) is 0 Å². The van der Waals surface area contributed by atoms with E-state index in [1.54, 1.807) is 11.8 Å². The Kier molecular flexibility index (Phi) is 5.07. The van der Waals surface area contributed by atoms with Crippen molar-refractivity contribution >= 4 is 17.7 Å². The number of carbonyl (C=O) groups is 1. The van der Waals surface area contributed by atoms with E-state index in [0.29, 0.717) is 6.42 Å². The minimum Gasteiger partial charge on any atom is -0.353 e. The van der Waals surface area contributed by atoms with E-state index in [0.717, 1.165) is 46.3 Å². The van der Waals surface area contributed by atoms with Gasteiger partial charge in [-0.05, 0) is 12.8 Å². The monoisotopic (exact) mass is 363 g/mol. The van der Waals surface area contributed by atoms with Gasteiger partial charge in [-0.25, -0.2) is 4.98 Å². The summed E-state index contributed by atoms with van der Waals surface area (Å²) in [5, 5.41) is 3.96. The van der Waals surface area contributed by atoms with Crippen molar-refractivity contribution in [3.8, 4) is 22.5 Å². The topological polar surface area (TPSA) is 57.8 Å². The predicted molar refractivity (Wildman–Crippen MR) is 106 cm³/mol. The van der Waals surface area contributed by atoms with Gasteiger partial charge in [-0.2, -0.15) is 0 Å². The van der Waals surface area contributed by atoms with Crippen molar-refractivity contribution in [2.45, 2.75) is 30.5 Å². The third kappa shape index (κ3) is 3.83. The molecule has 0 spiro atoms. The molecule has 4 rings (SSSR count). The number of nitrogens with zero attached hydrogens (tertiary/aromatic N) is 1. The van der Waals surface area contributed by atoms with Crippen molar-refractivity contribution in [1.82, 2.24) is 15.3 Å². The molecule has 2 heterocycles. The van der Waals surface area contributed by atoms with Crippen molar-refractivity contribution < 1.29 is 4.79 Å². The molecular weight excluding hydrogens is 342 g/mol. The minimum atomic E-state index is 0.163. The average molecular weight is 363 g/mol. The van der Waals surface area contributed by atoms with Gasteiger partial charge in [0, 0.05) is 29.3 Å². The number of nitrogens with one attached hydrogen (secondary N) is 2. The summed E-state index contributed by atoms with van der Waals surface area (Å²) in [5.41, 5.74) is 4.22. The van der Waals surface area contributed by atoms with Gasteiger partial charge in [-0.1, -0.05) is 72.4 Å². The number of H-pyrrole nitrogens is 1. The lowest BCUT2D eigenvalue weighted by Gasteiger charge is -2.22. The standard InChI is InChI=1S/C21H21N3OS/c25-18-13-7-12-17(22-18)14-26-21-23-19(15-8-3-1-4-9-15)20(24-21)16-10-5-2-6-11-16/h1-6,8-11,17H,7,12-14H2,(H,22,25)(H,23,24)/t17-/m1/s1. The number of carbonyl (C=O) groups excluding carboxylic acids is 1. The molecule has 2 N–H and O–H groups in total. The normalized spacial score (nSPS) is 17.1. The summed E-state index contributed by atoms with van der Waals surface area (Å²) >= 11 is 1.67. The minimum absolute atomic E-state index is 0.163. The molecule has 1 amide bonds. The van der Waals surface area contributed by atoms with E-state index in [1.165, 1.54) is 0 Å². The summed E-state index contributed by atoms with van der Waals surface area (Å²) in [6.07, 6.45) is 2.66. The summed E-state index contributed by atoms with van der Waals surface area (Å²) in [4.78, 5) is 19.9. The van der Waals surface area contributed by atoms with Crippen molar-refractivity contribution in [3.63, 3.8) is 0 Å². The molecule has 1 aliphatic rings. The predicted octanol–water partition coefficient (Wildman–Crippen LogP) is 4.50. The fourth-order valence-electron chi connectivity index (χ4n) is 3.22. The SMILES string of the molecule is O=C1CCC[C@H](CSc2nc(-c3ccccc3)c(-c3ccccc3)[nH]2)N1. The highest BCUT2D eigenvalue weighted by Crippen LogP contribution is 2.33. The van der Waals surface area contributed by atoms with Crippen LogP contribution in [-0.4, -0.2) is 27.7 Å². The van der Waals surface area contributed by atoms with Crippen LogP contribution >= 0.6 is 11.8 Å². The molecule has 0 aliphatic carbocycles. The van der Waals surface area contributed by atoms with E-state index in [1.807, 2.05) is 36.4 Å². The van der Waals surface area contributed by atoms with Crippen LogP contribution in [-0.2, 0) is 4.79 Å². The number of amides is 1. The highest BCUT2D eigenvalue weighted by Gasteiger charge is 2.20. The Balaban J connectivity index is 1.60. The first-order valence-corrected chi connectivity index (χ1v) is 9.91. The lowest BCUT2D eigenvalue weighted by molar-refractivity contribution is -0.123. The highest BCUT2D eigenvalue weighted by atomic mass is 32.2. The number of thioether (sulfide) groups is 1. The fraction of sp³-hybridized carbons (Fsp3) is 0.238. The number of rotatable bonds is 5. The zero-order valence-electron chi connectivity index (χ0n) is 14.4. The van der Waals surface area contributed by atoms with Crippen LogP contribution in [0.15, 0.2) is 65.8 Å². The van der Waals surface area contributed by atoms with Crippen molar-refractivity contribution in [2.24, 2.45) is 0 Å². The first kappa shape index (κ1) is 16.9. The summed E-state index contributed by atoms with van der Waals surface area (Å²) in [6, 6.07) is 20.7. The third-order valence-electron chi connectivity index (χ3n) is 4.53. The summed E-state index contributed by atoms with van der Waals surface area (Å²) < 4.78 is 0. The summed E-state index contributed by atoms with van der Waals surface area (Å²) in [5.74, 6) is 0.998. The number of hydrogen-bond acceptors (Lipinski definition) is 3. The Morgan fingerprint density at radius 3 is 2.38 bits per heavy atom. The van der Waals surface area contributed by atoms with E-state index < -0.39 is 0 Å². The molecule has 1 fully saturated rings. The quantitative estimate of drug-likeness (QED) is 0.656. The number of imidazole rings is 1. The number of aromatic amines is 1. The molecule has 132 valence electrons. The molecule has 1 saturated heterocycles. The Morgan fingerprint density at radius 1 is 1.00 bits per heavy atom. The van der Waals surface area contributed by atoms with Crippen LogP contribution in [0.5, 0.6) is 0 Å². The molecule has 0 radical (unpaired) electrons. The smallest absolute Gasteiger partial charge is 0.220 e. The van der Waals surface area contributed by atoms with E-state index in [9.17, 15) is 4.79 Å². The molecule has 2 aromatic carbocycles. The second-order valence-electron chi connectivity index (χ2n) is 6.47. The van der Waals surface area contributed by atoms with E-state index in [2.05, 4.69) is 34.6 Å². The van der Waals surface area contributed by atoms with Crippen LogP contribution < -0.4 is 5.32 Å². The van der Waals surface area contributed by atoms with Crippen LogP contribution in [0.2, 0.25) is 0 Å². The largest absolute Gasteiger partial charge is 0.353 e. The van der Waals surface area contributed by atoms with Crippen LogP contribution in [0, 0.1) is 0 Å². The van der Waals surface area contributed by atoms with Gasteiger partial charge in [-0.15, -0.1) is 0 Å². The molecule has 0 saturated carbocycles. The van der Waals surface area contributed by atoms with Gasteiger partial charge in [0.25, 0.3) is 0 Å². The summed E-state index contributed by atoms with van der Waals surface area (Å²) in [6.45, 7) is 0. The second kappa shape index (κ2) is 7.79. The van der Waals surface area contributed by atoms with Gasteiger partial charge in [0.1, 0.15) is 0 Å². The van der Waals surface area contributed by atoms with Crippen LogP contribution in [0.25, 0.3) is 22.5 Å². The van der Waals surface area contributed by atoms with Gasteiger partial charge in [0.2, 0.25) is 5.91 Å². The molecule has 26 heavy (non-hydrogen) atoms. The molecule has 0 unspecified atom stereocenters. The average Bonchev–Trinajstić information content (AvgIpc) is 3.12. The maximum atomic E-state index is 11.6. The maximum absolute atomic E-state index is 11.6. The molecular formula is C21H21N3OS. The zero-order valence-corrected chi connectivity index (χ0v) is 15.3. The highest BCUT2D eigenvalue weighted by molar-refractivity contribution is 7.99. The molecule has 1 atom stereocenters. The fourth-order valence-corrected chi connectivity index (χ4v) is 4.16. The number of piperidine rings is 1. The Bertz CT molecular complexity index is 820. The number of benzene rings is 2. The molecule has 4 nitrogen and oxygen atoms in total. The summed E-state index contributed by atoms with van der Waals surface area (Å²) in [7, 11) is 0. The van der Waals surface area contributed by atoms with Crippen molar-refractivity contribution in [3.05, 3.63) is 60.7 Å².